The van der Waals surface area contributed by atoms with Crippen LogP contribution in [-0.2, 0) is 6.61 Å². The first-order valence-corrected chi connectivity index (χ1v) is 10.7. The molecule has 0 aliphatic heterocycles. The van der Waals surface area contributed by atoms with Crippen molar-refractivity contribution in [1.29, 1.82) is 0 Å². The predicted octanol–water partition coefficient (Wildman–Crippen LogP) is 6.75. The van der Waals surface area contributed by atoms with Crippen LogP contribution in [0, 0.1) is 6.92 Å². The van der Waals surface area contributed by atoms with Gasteiger partial charge in [-0.2, -0.15) is 0 Å². The Hall–Kier alpha value is -3.31. The Labute approximate surface area is 189 Å². The maximum Gasteiger partial charge on any atom is 0.255 e. The fourth-order valence-corrected chi connectivity index (χ4v) is 3.92. The molecule has 4 nitrogen and oxygen atoms in total. The monoisotopic (exact) mass is 475 g/mol. The molecule has 4 aromatic rings. The lowest BCUT2D eigenvalue weighted by Gasteiger charge is -2.14. The fraction of sp³-hybridized carbons (Fsp3) is 0.115. The summed E-state index contributed by atoms with van der Waals surface area (Å²) in [5.41, 5.74) is 3.22. The van der Waals surface area contributed by atoms with E-state index in [1.165, 1.54) is 0 Å². The number of fused-ring (bicyclic) bond motifs is 1. The average Bonchev–Trinajstić information content (AvgIpc) is 2.79. The summed E-state index contributed by atoms with van der Waals surface area (Å²) in [6, 6.07) is 25.0. The van der Waals surface area contributed by atoms with Gasteiger partial charge in [0, 0.05) is 21.3 Å². The topological polar surface area (TPSA) is 47.6 Å². The number of nitrogens with one attached hydrogen (secondary N) is 1. The Bertz CT molecular complexity index is 1250. The van der Waals surface area contributed by atoms with Gasteiger partial charge in [0.2, 0.25) is 0 Å². The molecule has 1 amide bonds. The molecule has 0 unspecified atom stereocenters. The molecule has 0 radical (unpaired) electrons. The average molecular weight is 476 g/mol. The molecule has 0 bridgehead atoms. The van der Waals surface area contributed by atoms with Crippen LogP contribution in [0.1, 0.15) is 21.5 Å². The van der Waals surface area contributed by atoms with Crippen LogP contribution in [0.2, 0.25) is 0 Å². The van der Waals surface area contributed by atoms with Gasteiger partial charge in [0.05, 0.1) is 7.11 Å². The molecule has 0 spiro atoms. The summed E-state index contributed by atoms with van der Waals surface area (Å²) in [7, 11) is 1.64. The number of anilines is 1. The zero-order chi connectivity index (χ0) is 21.8. The van der Waals surface area contributed by atoms with E-state index < -0.39 is 0 Å². The summed E-state index contributed by atoms with van der Waals surface area (Å²) in [6.07, 6.45) is 0. The molecule has 0 heterocycles. The van der Waals surface area contributed by atoms with Crippen LogP contribution < -0.4 is 14.8 Å². The lowest BCUT2D eigenvalue weighted by Crippen LogP contribution is -2.13. The number of amides is 1. The number of ether oxygens (including phenoxy) is 2. The number of carbonyl (C=O) groups excluding carboxylic acids is 1. The van der Waals surface area contributed by atoms with Gasteiger partial charge in [0.1, 0.15) is 18.1 Å². The molecule has 0 saturated heterocycles. The summed E-state index contributed by atoms with van der Waals surface area (Å²) in [5.74, 6) is 1.36. The van der Waals surface area contributed by atoms with Gasteiger partial charge in [0.25, 0.3) is 5.91 Å². The number of benzene rings is 4. The smallest absolute Gasteiger partial charge is 0.255 e. The van der Waals surface area contributed by atoms with Gasteiger partial charge in [-0.25, -0.2) is 0 Å². The summed E-state index contributed by atoms with van der Waals surface area (Å²) < 4.78 is 12.3. The van der Waals surface area contributed by atoms with Crippen LogP contribution in [0.15, 0.2) is 83.3 Å². The van der Waals surface area contributed by atoms with Gasteiger partial charge in [0.15, 0.2) is 0 Å². The third-order valence-corrected chi connectivity index (χ3v) is 5.84. The molecule has 0 aromatic heterocycles. The first kappa shape index (κ1) is 20.9. The number of carbonyl (C=O) groups is 1. The van der Waals surface area contributed by atoms with E-state index in [1.807, 2.05) is 85.8 Å². The highest BCUT2D eigenvalue weighted by atomic mass is 79.9. The minimum atomic E-state index is -0.157. The SMILES string of the molecule is COc1cccc(COc2cccc(NC(=O)c3ccc4c(Br)cccc4c3)c2C)c1. The molecule has 0 aliphatic rings. The molecule has 4 aromatic carbocycles. The fourth-order valence-electron chi connectivity index (χ4n) is 3.41. The van der Waals surface area contributed by atoms with Crippen LogP contribution in [0.3, 0.4) is 0 Å². The molecule has 0 fully saturated rings. The van der Waals surface area contributed by atoms with Crippen molar-refractivity contribution in [3.8, 4) is 11.5 Å². The number of hydrogen-bond acceptors (Lipinski definition) is 3. The highest BCUT2D eigenvalue weighted by molar-refractivity contribution is 9.10. The van der Waals surface area contributed by atoms with Crippen molar-refractivity contribution >= 4 is 38.3 Å². The Balaban J connectivity index is 1.50. The minimum absolute atomic E-state index is 0.157. The molecule has 156 valence electrons. The largest absolute Gasteiger partial charge is 0.497 e. The Morgan fingerprint density at radius 2 is 1.77 bits per heavy atom. The Kier molecular flexibility index (Phi) is 6.23. The van der Waals surface area contributed by atoms with E-state index in [2.05, 4.69) is 21.2 Å². The Morgan fingerprint density at radius 1 is 0.968 bits per heavy atom. The standard InChI is InChI=1S/C26H22BrNO3/c1-17-24(10-5-11-25(17)31-16-18-6-3-8-21(14-18)30-2)28-26(29)20-12-13-22-19(15-20)7-4-9-23(22)27/h3-15H,16H2,1-2H3,(H,28,29). The van der Waals surface area contributed by atoms with Gasteiger partial charge in [-0.1, -0.05) is 52.3 Å². The van der Waals surface area contributed by atoms with E-state index in [0.717, 1.165) is 43.6 Å². The van der Waals surface area contributed by atoms with E-state index in [-0.39, 0.29) is 5.91 Å². The second-order valence-electron chi connectivity index (χ2n) is 7.20. The lowest BCUT2D eigenvalue weighted by molar-refractivity contribution is 0.102. The molecule has 0 atom stereocenters. The van der Waals surface area contributed by atoms with Crippen molar-refractivity contribution in [3.63, 3.8) is 0 Å². The summed E-state index contributed by atoms with van der Waals surface area (Å²) in [5, 5.41) is 5.09. The van der Waals surface area contributed by atoms with Gasteiger partial charge < -0.3 is 14.8 Å². The van der Waals surface area contributed by atoms with Crippen molar-refractivity contribution in [1.82, 2.24) is 0 Å². The molecule has 1 N–H and O–H groups in total. The third-order valence-electron chi connectivity index (χ3n) is 5.15. The van der Waals surface area contributed by atoms with E-state index in [0.29, 0.717) is 12.2 Å². The van der Waals surface area contributed by atoms with Crippen molar-refractivity contribution in [2.75, 3.05) is 12.4 Å². The van der Waals surface area contributed by atoms with E-state index in [4.69, 9.17) is 9.47 Å². The van der Waals surface area contributed by atoms with E-state index >= 15 is 0 Å². The molecule has 4 rings (SSSR count). The summed E-state index contributed by atoms with van der Waals surface area (Å²) >= 11 is 3.55. The lowest BCUT2D eigenvalue weighted by atomic mass is 10.1. The molecule has 5 heteroatoms. The Morgan fingerprint density at radius 3 is 2.61 bits per heavy atom. The van der Waals surface area contributed by atoms with Crippen LogP contribution in [0.5, 0.6) is 11.5 Å². The van der Waals surface area contributed by atoms with Crippen molar-refractivity contribution in [3.05, 3.63) is 100 Å². The number of hydrogen-bond donors (Lipinski definition) is 1. The first-order valence-electron chi connectivity index (χ1n) is 9.90. The molecular formula is C26H22BrNO3. The van der Waals surface area contributed by atoms with E-state index in [1.54, 1.807) is 7.11 Å². The summed E-state index contributed by atoms with van der Waals surface area (Å²) in [4.78, 5) is 12.9. The molecule has 31 heavy (non-hydrogen) atoms. The molecular weight excluding hydrogens is 454 g/mol. The van der Waals surface area contributed by atoms with Crippen molar-refractivity contribution in [2.24, 2.45) is 0 Å². The van der Waals surface area contributed by atoms with Crippen LogP contribution >= 0.6 is 15.9 Å². The zero-order valence-electron chi connectivity index (χ0n) is 17.3. The van der Waals surface area contributed by atoms with Gasteiger partial charge in [-0.05, 0) is 65.7 Å². The number of halogens is 1. The van der Waals surface area contributed by atoms with Gasteiger partial charge in [-0.3, -0.25) is 4.79 Å². The number of methoxy groups -OCH3 is 1. The van der Waals surface area contributed by atoms with E-state index in [9.17, 15) is 4.79 Å². The molecule has 0 saturated carbocycles. The normalized spacial score (nSPS) is 10.7. The first-order chi connectivity index (χ1) is 15.0. The highest BCUT2D eigenvalue weighted by Crippen LogP contribution is 2.28. The zero-order valence-corrected chi connectivity index (χ0v) is 18.9. The van der Waals surface area contributed by atoms with Crippen LogP contribution in [-0.4, -0.2) is 13.0 Å². The maximum atomic E-state index is 12.9. The second kappa shape index (κ2) is 9.23. The predicted molar refractivity (Wildman–Crippen MR) is 128 cm³/mol. The second-order valence-corrected chi connectivity index (χ2v) is 8.05. The molecule has 0 aliphatic carbocycles. The van der Waals surface area contributed by atoms with Gasteiger partial charge in [-0.15, -0.1) is 0 Å². The maximum absolute atomic E-state index is 12.9. The number of rotatable bonds is 6. The third kappa shape index (κ3) is 4.72. The van der Waals surface area contributed by atoms with Crippen LogP contribution in [0.25, 0.3) is 10.8 Å². The highest BCUT2D eigenvalue weighted by Gasteiger charge is 2.12. The van der Waals surface area contributed by atoms with Gasteiger partial charge >= 0.3 is 0 Å². The quantitative estimate of drug-likeness (QED) is 0.335. The minimum Gasteiger partial charge on any atom is -0.497 e. The summed E-state index contributed by atoms with van der Waals surface area (Å²) in [6.45, 7) is 2.35. The van der Waals surface area contributed by atoms with Crippen molar-refractivity contribution < 1.29 is 14.3 Å². The van der Waals surface area contributed by atoms with Crippen molar-refractivity contribution in [2.45, 2.75) is 13.5 Å². The van der Waals surface area contributed by atoms with Crippen LogP contribution in [0.4, 0.5) is 5.69 Å².